The number of hydrogen-bond donors (Lipinski definition) is 2. The molecule has 4 amide bonds. The zero-order valence-corrected chi connectivity index (χ0v) is 21.5. The number of ether oxygens (including phenoxy) is 2. The van der Waals surface area contributed by atoms with E-state index in [1.54, 1.807) is 48.5 Å². The summed E-state index contributed by atoms with van der Waals surface area (Å²) < 4.78 is 11.0. The summed E-state index contributed by atoms with van der Waals surface area (Å²) in [6.45, 7) is 1.31. The molecule has 0 unspecified atom stereocenters. The molecule has 194 valence electrons. The molecule has 0 aliphatic carbocycles. The second-order valence-corrected chi connectivity index (χ2v) is 9.29. The van der Waals surface area contributed by atoms with Crippen LogP contribution in [0.3, 0.4) is 0 Å². The summed E-state index contributed by atoms with van der Waals surface area (Å²) in [7, 11) is 1.46. The number of nitrogens with one attached hydrogen (secondary N) is 2. The van der Waals surface area contributed by atoms with Gasteiger partial charge in [0.05, 0.1) is 12.0 Å². The number of rotatable bonds is 9. The largest absolute Gasteiger partial charge is 0.493 e. The molecule has 1 saturated heterocycles. The molecule has 1 aliphatic heterocycles. The Morgan fingerprint density at radius 1 is 0.895 bits per heavy atom. The summed E-state index contributed by atoms with van der Waals surface area (Å²) in [5.41, 5.74) is 2.85. The maximum Gasteiger partial charge on any atom is 0.294 e. The van der Waals surface area contributed by atoms with Crippen LogP contribution >= 0.6 is 11.8 Å². The van der Waals surface area contributed by atoms with Gasteiger partial charge in [-0.2, -0.15) is 0 Å². The molecule has 1 aliphatic rings. The zero-order valence-electron chi connectivity index (χ0n) is 20.7. The predicted octanol–water partition coefficient (Wildman–Crippen LogP) is 4.70. The lowest BCUT2D eigenvalue weighted by Crippen LogP contribution is -2.36. The molecule has 3 aromatic carbocycles. The van der Waals surface area contributed by atoms with Crippen molar-refractivity contribution in [3.63, 3.8) is 0 Å². The second-order valence-electron chi connectivity index (χ2n) is 8.30. The van der Waals surface area contributed by atoms with E-state index < -0.39 is 23.6 Å². The number of amides is 4. The number of carbonyl (C=O) groups is 4. The minimum Gasteiger partial charge on any atom is -0.493 e. The number of nitrogens with zero attached hydrogens (tertiary/aromatic N) is 1. The third-order valence-electron chi connectivity index (χ3n) is 5.38. The van der Waals surface area contributed by atoms with Crippen LogP contribution in [0.25, 0.3) is 6.08 Å². The lowest BCUT2D eigenvalue weighted by atomic mass is 10.2. The van der Waals surface area contributed by atoms with Crippen LogP contribution in [-0.2, 0) is 14.4 Å². The molecule has 0 spiro atoms. The third-order valence-corrected chi connectivity index (χ3v) is 6.29. The van der Waals surface area contributed by atoms with Crippen molar-refractivity contribution in [2.24, 2.45) is 0 Å². The van der Waals surface area contributed by atoms with Crippen molar-refractivity contribution in [1.82, 2.24) is 4.90 Å². The van der Waals surface area contributed by atoms with E-state index in [2.05, 4.69) is 10.6 Å². The normalized spacial score (nSPS) is 13.9. The smallest absolute Gasteiger partial charge is 0.294 e. The minimum absolute atomic E-state index is 0.177. The molecule has 1 fully saturated rings. The molecular weight excluding hydrogens is 506 g/mol. The lowest BCUT2D eigenvalue weighted by molar-refractivity contribution is -0.127. The van der Waals surface area contributed by atoms with Crippen molar-refractivity contribution in [1.29, 1.82) is 0 Å². The Balaban J connectivity index is 1.38. The van der Waals surface area contributed by atoms with Gasteiger partial charge in [0.1, 0.15) is 6.54 Å². The second kappa shape index (κ2) is 12.1. The zero-order chi connectivity index (χ0) is 27.1. The van der Waals surface area contributed by atoms with E-state index in [1.165, 1.54) is 13.2 Å². The molecule has 4 rings (SSSR count). The molecule has 0 bridgehead atoms. The van der Waals surface area contributed by atoms with Gasteiger partial charge < -0.3 is 20.1 Å². The Labute approximate surface area is 223 Å². The Morgan fingerprint density at radius 3 is 2.37 bits per heavy atom. The number of benzene rings is 3. The standard InChI is InChI=1S/C28H25N3O6S/c1-18-7-6-10-21(13-18)30-26(33)17-37-22-12-11-19(14-23(22)36-2)15-24-27(34)31(28(35)38-24)16-25(32)29-20-8-4-3-5-9-20/h3-15H,16-17H2,1-2H3,(H,29,32)(H,30,33)/b24-15+. The molecule has 0 atom stereocenters. The number of hydrogen-bond acceptors (Lipinski definition) is 7. The highest BCUT2D eigenvalue weighted by molar-refractivity contribution is 8.18. The van der Waals surface area contributed by atoms with Crippen LogP contribution in [0, 0.1) is 6.92 Å². The van der Waals surface area contributed by atoms with Crippen LogP contribution in [0.1, 0.15) is 11.1 Å². The Hall–Kier alpha value is -4.57. The molecule has 10 heteroatoms. The third kappa shape index (κ3) is 6.80. The first kappa shape index (κ1) is 26.5. The lowest BCUT2D eigenvalue weighted by Gasteiger charge is -2.12. The molecule has 9 nitrogen and oxygen atoms in total. The Bertz CT molecular complexity index is 1410. The summed E-state index contributed by atoms with van der Waals surface area (Å²) in [6, 6.07) is 21.1. The fourth-order valence-electron chi connectivity index (χ4n) is 3.61. The van der Waals surface area contributed by atoms with E-state index in [9.17, 15) is 19.2 Å². The molecule has 0 aromatic heterocycles. The van der Waals surface area contributed by atoms with E-state index in [0.29, 0.717) is 28.4 Å². The average Bonchev–Trinajstić information content (AvgIpc) is 3.15. The monoisotopic (exact) mass is 531 g/mol. The van der Waals surface area contributed by atoms with Crippen LogP contribution in [0.5, 0.6) is 11.5 Å². The van der Waals surface area contributed by atoms with Crippen molar-refractivity contribution in [2.75, 3.05) is 30.9 Å². The molecule has 0 radical (unpaired) electrons. The van der Waals surface area contributed by atoms with Gasteiger partial charge in [-0.3, -0.25) is 24.1 Å². The summed E-state index contributed by atoms with van der Waals surface area (Å²) in [5, 5.41) is 4.90. The number of anilines is 2. The van der Waals surface area contributed by atoms with Crippen LogP contribution in [0.4, 0.5) is 16.2 Å². The minimum atomic E-state index is -0.560. The van der Waals surface area contributed by atoms with Gasteiger partial charge in [-0.15, -0.1) is 0 Å². The maximum absolute atomic E-state index is 12.8. The van der Waals surface area contributed by atoms with Gasteiger partial charge in [-0.25, -0.2) is 0 Å². The van der Waals surface area contributed by atoms with Gasteiger partial charge in [0.15, 0.2) is 18.1 Å². The SMILES string of the molecule is COc1cc(/C=C2/SC(=O)N(CC(=O)Nc3ccccc3)C2=O)ccc1OCC(=O)Nc1cccc(C)c1. The van der Waals surface area contributed by atoms with Crippen LogP contribution in [0.15, 0.2) is 77.7 Å². The number of para-hydroxylation sites is 1. The number of aryl methyl sites for hydroxylation is 1. The topological polar surface area (TPSA) is 114 Å². The van der Waals surface area contributed by atoms with Crippen LogP contribution in [-0.4, -0.2) is 48.1 Å². The van der Waals surface area contributed by atoms with Crippen molar-refractivity contribution in [2.45, 2.75) is 6.92 Å². The summed E-state index contributed by atoms with van der Waals surface area (Å²) in [6.07, 6.45) is 1.54. The van der Waals surface area contributed by atoms with E-state index in [0.717, 1.165) is 22.2 Å². The predicted molar refractivity (Wildman–Crippen MR) is 146 cm³/mol. The molecule has 0 saturated carbocycles. The van der Waals surface area contributed by atoms with Gasteiger partial charge in [0.25, 0.3) is 17.1 Å². The summed E-state index contributed by atoms with van der Waals surface area (Å²) >= 11 is 0.752. The Morgan fingerprint density at radius 2 is 1.63 bits per heavy atom. The summed E-state index contributed by atoms with van der Waals surface area (Å²) in [4.78, 5) is 50.9. The highest BCUT2D eigenvalue weighted by atomic mass is 32.2. The van der Waals surface area contributed by atoms with Crippen molar-refractivity contribution in [3.8, 4) is 11.5 Å². The Kier molecular flexibility index (Phi) is 8.44. The van der Waals surface area contributed by atoms with Gasteiger partial charge >= 0.3 is 0 Å². The molecule has 1 heterocycles. The fourth-order valence-corrected chi connectivity index (χ4v) is 4.45. The number of carbonyl (C=O) groups excluding carboxylic acids is 4. The van der Waals surface area contributed by atoms with Crippen molar-refractivity contribution >= 4 is 52.2 Å². The molecular formula is C28H25N3O6S. The maximum atomic E-state index is 12.8. The van der Waals surface area contributed by atoms with Gasteiger partial charge in [0, 0.05) is 11.4 Å². The average molecular weight is 532 g/mol. The van der Waals surface area contributed by atoms with Crippen molar-refractivity contribution in [3.05, 3.63) is 88.8 Å². The fraction of sp³-hybridized carbons (Fsp3) is 0.143. The van der Waals surface area contributed by atoms with E-state index in [-0.39, 0.29) is 17.4 Å². The van der Waals surface area contributed by atoms with Gasteiger partial charge in [-0.1, -0.05) is 36.4 Å². The van der Waals surface area contributed by atoms with Crippen LogP contribution in [0.2, 0.25) is 0 Å². The highest BCUT2D eigenvalue weighted by Crippen LogP contribution is 2.34. The van der Waals surface area contributed by atoms with E-state index >= 15 is 0 Å². The van der Waals surface area contributed by atoms with Gasteiger partial charge in [0.2, 0.25) is 5.91 Å². The number of thioether (sulfide) groups is 1. The first-order valence-corrected chi connectivity index (χ1v) is 12.4. The number of imide groups is 1. The quantitative estimate of drug-likeness (QED) is 0.385. The molecule has 38 heavy (non-hydrogen) atoms. The first-order valence-electron chi connectivity index (χ1n) is 11.6. The van der Waals surface area contributed by atoms with Crippen molar-refractivity contribution < 1.29 is 28.7 Å². The van der Waals surface area contributed by atoms with Gasteiger partial charge in [-0.05, 0) is 72.3 Å². The first-order chi connectivity index (χ1) is 18.3. The number of methoxy groups -OCH3 is 1. The van der Waals surface area contributed by atoms with E-state index in [1.807, 2.05) is 31.2 Å². The van der Waals surface area contributed by atoms with Crippen LogP contribution < -0.4 is 20.1 Å². The highest BCUT2D eigenvalue weighted by Gasteiger charge is 2.36. The molecule has 3 aromatic rings. The van der Waals surface area contributed by atoms with E-state index in [4.69, 9.17) is 9.47 Å². The molecule has 2 N–H and O–H groups in total. The summed E-state index contributed by atoms with van der Waals surface area (Å²) in [5.74, 6) is -0.672.